The van der Waals surface area contributed by atoms with Crippen molar-refractivity contribution >= 4 is 23.4 Å². The van der Waals surface area contributed by atoms with Gasteiger partial charge in [-0.1, -0.05) is 60.2 Å². The molecule has 1 fully saturated rings. The third kappa shape index (κ3) is 5.70. The zero-order valence-electron chi connectivity index (χ0n) is 19.3. The minimum Gasteiger partial charge on any atom is -0.350 e. The molecule has 0 aliphatic carbocycles. The summed E-state index contributed by atoms with van der Waals surface area (Å²) >= 11 is 0. The average molecular weight is 456 g/mol. The predicted octanol–water partition coefficient (Wildman–Crippen LogP) is 4.62. The van der Waals surface area contributed by atoms with E-state index in [2.05, 4.69) is 10.6 Å². The molecule has 1 heterocycles. The molecule has 3 amide bonds. The van der Waals surface area contributed by atoms with Gasteiger partial charge in [-0.2, -0.15) is 0 Å². The van der Waals surface area contributed by atoms with Crippen LogP contribution >= 0.6 is 0 Å². The summed E-state index contributed by atoms with van der Waals surface area (Å²) in [5, 5.41) is 5.90. The minimum atomic E-state index is -0.654. The van der Waals surface area contributed by atoms with E-state index < -0.39 is 6.04 Å². The highest BCUT2D eigenvalue weighted by Gasteiger charge is 2.32. The molecule has 34 heavy (non-hydrogen) atoms. The molecule has 0 spiro atoms. The highest BCUT2D eigenvalue weighted by Crippen LogP contribution is 2.26. The van der Waals surface area contributed by atoms with Crippen molar-refractivity contribution in [2.45, 2.75) is 38.8 Å². The standard InChI is InChI=1S/C28H29N3O3/c1-20-13-15-23(16-14-20)27(33)30-24-11-7-8-21(18-24)19-29-28(34)26(22-9-3-2-4-10-22)31-17-6-5-12-25(31)32/h2-4,7-11,13-16,18,26H,5-6,12,17,19H2,1H3,(H,29,34)(H,30,33). The Morgan fingerprint density at radius 3 is 2.44 bits per heavy atom. The van der Waals surface area contributed by atoms with Crippen LogP contribution in [0.1, 0.15) is 52.4 Å². The Kier molecular flexibility index (Phi) is 7.38. The Morgan fingerprint density at radius 1 is 0.941 bits per heavy atom. The van der Waals surface area contributed by atoms with Crippen molar-refractivity contribution in [2.24, 2.45) is 0 Å². The highest BCUT2D eigenvalue weighted by molar-refractivity contribution is 6.04. The van der Waals surface area contributed by atoms with Crippen LogP contribution in [0.15, 0.2) is 78.9 Å². The van der Waals surface area contributed by atoms with E-state index in [0.29, 0.717) is 30.8 Å². The van der Waals surface area contributed by atoms with Crippen LogP contribution in [-0.2, 0) is 16.1 Å². The largest absolute Gasteiger partial charge is 0.350 e. The molecular formula is C28H29N3O3. The third-order valence-electron chi connectivity index (χ3n) is 6.00. The zero-order chi connectivity index (χ0) is 23.9. The molecule has 4 rings (SSSR count). The first-order valence-corrected chi connectivity index (χ1v) is 11.6. The molecule has 0 radical (unpaired) electrons. The van der Waals surface area contributed by atoms with E-state index >= 15 is 0 Å². The average Bonchev–Trinajstić information content (AvgIpc) is 2.85. The molecule has 6 nitrogen and oxygen atoms in total. The number of hydrogen-bond acceptors (Lipinski definition) is 3. The second-order valence-electron chi connectivity index (χ2n) is 8.60. The first-order valence-electron chi connectivity index (χ1n) is 11.6. The maximum atomic E-state index is 13.3. The fourth-order valence-corrected chi connectivity index (χ4v) is 4.16. The number of nitrogens with zero attached hydrogens (tertiary/aromatic N) is 1. The van der Waals surface area contributed by atoms with E-state index in [0.717, 1.165) is 29.5 Å². The van der Waals surface area contributed by atoms with Crippen molar-refractivity contribution in [1.82, 2.24) is 10.2 Å². The first-order chi connectivity index (χ1) is 16.5. The number of carbonyl (C=O) groups excluding carboxylic acids is 3. The van der Waals surface area contributed by atoms with E-state index in [9.17, 15) is 14.4 Å². The monoisotopic (exact) mass is 455 g/mol. The summed E-state index contributed by atoms with van der Waals surface area (Å²) in [5.74, 6) is -0.388. The van der Waals surface area contributed by atoms with E-state index in [1.807, 2.05) is 73.7 Å². The minimum absolute atomic E-state index is 0.0102. The van der Waals surface area contributed by atoms with Gasteiger partial charge in [0.15, 0.2) is 0 Å². The van der Waals surface area contributed by atoms with Gasteiger partial charge in [0.1, 0.15) is 6.04 Å². The Hall–Kier alpha value is -3.93. The second-order valence-corrected chi connectivity index (χ2v) is 8.60. The number of nitrogens with one attached hydrogen (secondary N) is 2. The maximum absolute atomic E-state index is 13.3. The number of likely N-dealkylation sites (tertiary alicyclic amines) is 1. The molecular weight excluding hydrogens is 426 g/mol. The third-order valence-corrected chi connectivity index (χ3v) is 6.00. The Morgan fingerprint density at radius 2 is 1.71 bits per heavy atom. The molecule has 0 saturated carbocycles. The number of piperidine rings is 1. The van der Waals surface area contributed by atoms with Gasteiger partial charge >= 0.3 is 0 Å². The number of aryl methyl sites for hydroxylation is 1. The van der Waals surface area contributed by atoms with Gasteiger partial charge in [-0.15, -0.1) is 0 Å². The first kappa shape index (κ1) is 23.2. The topological polar surface area (TPSA) is 78.5 Å². The summed E-state index contributed by atoms with van der Waals surface area (Å²) in [6.07, 6.45) is 2.23. The van der Waals surface area contributed by atoms with Crippen molar-refractivity contribution in [2.75, 3.05) is 11.9 Å². The molecule has 2 N–H and O–H groups in total. The molecule has 1 atom stereocenters. The number of anilines is 1. The van der Waals surface area contributed by atoms with Crippen molar-refractivity contribution < 1.29 is 14.4 Å². The van der Waals surface area contributed by atoms with Crippen LogP contribution < -0.4 is 10.6 Å². The summed E-state index contributed by atoms with van der Waals surface area (Å²) in [4.78, 5) is 40.1. The van der Waals surface area contributed by atoms with Gasteiger partial charge in [-0.05, 0) is 55.2 Å². The number of benzene rings is 3. The smallest absolute Gasteiger partial charge is 0.255 e. The molecule has 174 valence electrons. The molecule has 1 unspecified atom stereocenters. The SMILES string of the molecule is Cc1ccc(C(=O)Nc2cccc(CNC(=O)C(c3ccccc3)N3CCCCC3=O)c2)cc1. The Balaban J connectivity index is 1.44. The van der Waals surface area contributed by atoms with Crippen LogP contribution in [0.2, 0.25) is 0 Å². The Labute approximate surface area is 200 Å². The summed E-state index contributed by atoms with van der Waals surface area (Å²) in [6, 6.07) is 23.5. The van der Waals surface area contributed by atoms with Crippen LogP contribution in [0.3, 0.4) is 0 Å². The second kappa shape index (κ2) is 10.8. The summed E-state index contributed by atoms with van der Waals surface area (Å²) in [6.45, 7) is 2.84. The van der Waals surface area contributed by atoms with Crippen LogP contribution in [0, 0.1) is 6.92 Å². The van der Waals surface area contributed by atoms with Crippen molar-refractivity contribution in [3.05, 3.63) is 101 Å². The van der Waals surface area contributed by atoms with E-state index in [4.69, 9.17) is 0 Å². The van der Waals surface area contributed by atoms with Gasteiger partial charge in [0.2, 0.25) is 11.8 Å². The fraction of sp³-hybridized carbons (Fsp3) is 0.250. The van der Waals surface area contributed by atoms with E-state index in [-0.39, 0.29) is 17.7 Å². The number of amides is 3. The zero-order valence-corrected chi connectivity index (χ0v) is 19.3. The predicted molar refractivity (Wildman–Crippen MR) is 132 cm³/mol. The molecule has 3 aromatic rings. The summed E-state index contributed by atoms with van der Waals surface area (Å²) in [7, 11) is 0. The van der Waals surface area contributed by atoms with Crippen molar-refractivity contribution in [1.29, 1.82) is 0 Å². The molecule has 3 aromatic carbocycles. The lowest BCUT2D eigenvalue weighted by atomic mass is 10.0. The fourth-order valence-electron chi connectivity index (χ4n) is 4.16. The molecule has 1 aliphatic heterocycles. The van der Waals surface area contributed by atoms with Gasteiger partial charge in [0.05, 0.1) is 0 Å². The van der Waals surface area contributed by atoms with E-state index in [1.54, 1.807) is 17.0 Å². The van der Waals surface area contributed by atoms with Crippen molar-refractivity contribution in [3.63, 3.8) is 0 Å². The summed E-state index contributed by atoms with van der Waals surface area (Å²) < 4.78 is 0. The van der Waals surface area contributed by atoms with Crippen LogP contribution in [0.25, 0.3) is 0 Å². The van der Waals surface area contributed by atoms with Gasteiger partial charge in [0.25, 0.3) is 5.91 Å². The highest BCUT2D eigenvalue weighted by atomic mass is 16.2. The molecule has 0 aromatic heterocycles. The molecule has 1 saturated heterocycles. The number of carbonyl (C=O) groups is 3. The molecule has 1 aliphatic rings. The quantitative estimate of drug-likeness (QED) is 0.546. The van der Waals surface area contributed by atoms with Crippen LogP contribution in [-0.4, -0.2) is 29.2 Å². The van der Waals surface area contributed by atoms with Gasteiger partial charge in [-0.3, -0.25) is 14.4 Å². The number of rotatable bonds is 7. The lowest BCUT2D eigenvalue weighted by Gasteiger charge is -2.34. The van der Waals surface area contributed by atoms with Crippen LogP contribution in [0.4, 0.5) is 5.69 Å². The number of hydrogen-bond donors (Lipinski definition) is 2. The van der Waals surface area contributed by atoms with Crippen LogP contribution in [0.5, 0.6) is 0 Å². The lowest BCUT2D eigenvalue weighted by molar-refractivity contribution is -0.142. The summed E-state index contributed by atoms with van der Waals surface area (Å²) in [5.41, 5.74) is 3.99. The van der Waals surface area contributed by atoms with Gasteiger partial charge in [-0.25, -0.2) is 0 Å². The van der Waals surface area contributed by atoms with E-state index in [1.165, 1.54) is 0 Å². The molecule has 0 bridgehead atoms. The van der Waals surface area contributed by atoms with Gasteiger partial charge < -0.3 is 15.5 Å². The maximum Gasteiger partial charge on any atom is 0.255 e. The lowest BCUT2D eigenvalue weighted by Crippen LogP contribution is -2.45. The van der Waals surface area contributed by atoms with Crippen molar-refractivity contribution in [3.8, 4) is 0 Å². The Bertz CT molecular complexity index is 1160. The molecule has 6 heteroatoms. The normalized spacial score (nSPS) is 14.4. The van der Waals surface area contributed by atoms with Gasteiger partial charge in [0, 0.05) is 30.8 Å².